The number of pyridine rings is 1. The number of carbonyl (C=O) groups excluding carboxylic acids is 1. The van der Waals surface area contributed by atoms with Crippen molar-refractivity contribution >= 4 is 28.3 Å². The van der Waals surface area contributed by atoms with E-state index in [0.29, 0.717) is 17.2 Å². The highest BCUT2D eigenvalue weighted by Crippen LogP contribution is 2.18. The molecule has 0 aliphatic carbocycles. The van der Waals surface area contributed by atoms with Crippen LogP contribution in [-0.4, -0.2) is 20.7 Å². The summed E-state index contributed by atoms with van der Waals surface area (Å²) < 4.78 is 1.68. The molecule has 0 bridgehead atoms. The lowest BCUT2D eigenvalue weighted by molar-refractivity contribution is 0.102. The van der Waals surface area contributed by atoms with Gasteiger partial charge in [0, 0.05) is 12.4 Å². The van der Waals surface area contributed by atoms with Crippen LogP contribution >= 0.6 is 0 Å². The van der Waals surface area contributed by atoms with E-state index in [1.165, 1.54) is 6.20 Å². The molecular formula is C14H13N5O. The van der Waals surface area contributed by atoms with Crippen LogP contribution in [0.5, 0.6) is 0 Å². The first-order chi connectivity index (χ1) is 9.65. The first-order valence-electron chi connectivity index (χ1n) is 6.10. The number of hydrogen-bond donors (Lipinski definition) is 2. The van der Waals surface area contributed by atoms with E-state index in [9.17, 15) is 4.79 Å². The highest BCUT2D eigenvalue weighted by atomic mass is 16.2. The Balaban J connectivity index is 1.95. The molecule has 0 saturated heterocycles. The summed E-state index contributed by atoms with van der Waals surface area (Å²) in [7, 11) is 1.81. The third kappa shape index (κ3) is 2.07. The minimum Gasteiger partial charge on any atom is -0.397 e. The van der Waals surface area contributed by atoms with Gasteiger partial charge in [0.05, 0.1) is 17.4 Å². The highest BCUT2D eigenvalue weighted by Gasteiger charge is 2.15. The molecule has 0 spiro atoms. The fraction of sp³-hybridized carbons (Fsp3) is 0.0714. The number of nitrogens with one attached hydrogen (secondary N) is 1. The monoisotopic (exact) mass is 267 g/mol. The van der Waals surface area contributed by atoms with Crippen LogP contribution < -0.4 is 11.1 Å². The molecule has 0 aliphatic heterocycles. The Hall–Kier alpha value is -2.89. The molecule has 1 amide bonds. The van der Waals surface area contributed by atoms with E-state index in [4.69, 9.17) is 5.73 Å². The number of amides is 1. The molecule has 6 nitrogen and oxygen atoms in total. The van der Waals surface area contributed by atoms with E-state index in [0.717, 1.165) is 10.9 Å². The molecule has 0 aliphatic rings. The van der Waals surface area contributed by atoms with Gasteiger partial charge >= 0.3 is 0 Å². The van der Waals surface area contributed by atoms with Gasteiger partial charge in [0.25, 0.3) is 5.91 Å². The van der Waals surface area contributed by atoms with Crippen molar-refractivity contribution < 1.29 is 4.79 Å². The van der Waals surface area contributed by atoms with E-state index in [2.05, 4.69) is 15.4 Å². The quantitative estimate of drug-likeness (QED) is 0.741. The van der Waals surface area contributed by atoms with Gasteiger partial charge in [-0.3, -0.25) is 9.48 Å². The maximum atomic E-state index is 12.3. The molecule has 0 unspecified atom stereocenters. The summed E-state index contributed by atoms with van der Waals surface area (Å²) in [4.78, 5) is 16.3. The van der Waals surface area contributed by atoms with Crippen LogP contribution in [0, 0.1) is 0 Å². The van der Waals surface area contributed by atoms with Crippen LogP contribution in [0.3, 0.4) is 0 Å². The predicted molar refractivity (Wildman–Crippen MR) is 77.3 cm³/mol. The number of rotatable bonds is 2. The molecule has 0 saturated carbocycles. The molecule has 3 aromatic rings. The number of anilines is 2. The van der Waals surface area contributed by atoms with Gasteiger partial charge in [-0.15, -0.1) is 0 Å². The highest BCUT2D eigenvalue weighted by molar-refractivity contribution is 6.10. The summed E-state index contributed by atoms with van der Waals surface area (Å²) >= 11 is 0. The number of nitrogens with zero attached hydrogens (tertiary/aromatic N) is 3. The summed E-state index contributed by atoms with van der Waals surface area (Å²) in [5, 5.41) is 7.77. The number of para-hydroxylation sites is 1. The molecule has 6 heteroatoms. The number of hydrogen-bond acceptors (Lipinski definition) is 4. The van der Waals surface area contributed by atoms with Crippen molar-refractivity contribution in [3.63, 3.8) is 0 Å². The Labute approximate surface area is 115 Å². The Kier molecular flexibility index (Phi) is 2.83. The van der Waals surface area contributed by atoms with Gasteiger partial charge in [-0.05, 0) is 18.2 Å². The molecule has 20 heavy (non-hydrogen) atoms. The van der Waals surface area contributed by atoms with Crippen LogP contribution in [-0.2, 0) is 7.05 Å². The Morgan fingerprint density at radius 1 is 1.25 bits per heavy atom. The summed E-state index contributed by atoms with van der Waals surface area (Å²) in [6.45, 7) is 0. The number of nitrogens with two attached hydrogens (primary N) is 1. The molecule has 100 valence electrons. The first kappa shape index (κ1) is 12.2. The topological polar surface area (TPSA) is 85.8 Å². The minimum absolute atomic E-state index is 0.293. The van der Waals surface area contributed by atoms with Crippen LogP contribution in [0.1, 0.15) is 10.5 Å². The smallest absolute Gasteiger partial charge is 0.277 e. The Bertz CT molecular complexity index is 776. The average Bonchev–Trinajstić information content (AvgIpc) is 2.79. The molecule has 2 aromatic heterocycles. The maximum Gasteiger partial charge on any atom is 0.277 e. The van der Waals surface area contributed by atoms with Gasteiger partial charge in [-0.1, -0.05) is 18.2 Å². The van der Waals surface area contributed by atoms with E-state index in [1.807, 2.05) is 24.3 Å². The van der Waals surface area contributed by atoms with Crippen LogP contribution in [0.2, 0.25) is 0 Å². The molecule has 3 N–H and O–H groups in total. The molecule has 2 heterocycles. The molecule has 0 fully saturated rings. The Morgan fingerprint density at radius 2 is 2.05 bits per heavy atom. The maximum absolute atomic E-state index is 12.3. The number of nitrogen functional groups attached to an aromatic ring is 1. The summed E-state index contributed by atoms with van der Waals surface area (Å²) in [5.41, 5.74) is 7.39. The molecule has 0 radical (unpaired) electrons. The fourth-order valence-corrected chi connectivity index (χ4v) is 2.04. The lowest BCUT2D eigenvalue weighted by Crippen LogP contribution is -2.14. The van der Waals surface area contributed by atoms with Gasteiger partial charge in [-0.25, -0.2) is 4.98 Å². The number of aryl methyl sites for hydroxylation is 1. The molecular weight excluding hydrogens is 254 g/mol. The standard InChI is InChI=1S/C14H13N5O/c1-19-11-5-3-2-4-10(11)13(18-19)14(20)17-12-7-6-9(15)8-16-12/h2-8H,15H2,1H3,(H,16,17,20). The van der Waals surface area contributed by atoms with Gasteiger partial charge in [0.1, 0.15) is 5.82 Å². The first-order valence-corrected chi connectivity index (χ1v) is 6.10. The van der Waals surface area contributed by atoms with Crippen LogP contribution in [0.4, 0.5) is 11.5 Å². The van der Waals surface area contributed by atoms with Crippen molar-refractivity contribution in [3.05, 3.63) is 48.3 Å². The van der Waals surface area contributed by atoms with Gasteiger partial charge < -0.3 is 11.1 Å². The van der Waals surface area contributed by atoms with Crippen molar-refractivity contribution in [2.45, 2.75) is 0 Å². The zero-order chi connectivity index (χ0) is 14.1. The zero-order valence-electron chi connectivity index (χ0n) is 10.9. The van der Waals surface area contributed by atoms with Gasteiger partial charge in [0.15, 0.2) is 5.69 Å². The van der Waals surface area contributed by atoms with E-state index >= 15 is 0 Å². The lowest BCUT2D eigenvalue weighted by Gasteiger charge is -2.02. The van der Waals surface area contributed by atoms with Gasteiger partial charge in [0.2, 0.25) is 0 Å². The second kappa shape index (κ2) is 4.65. The number of benzene rings is 1. The number of carbonyl (C=O) groups is 1. The zero-order valence-corrected chi connectivity index (χ0v) is 10.9. The van der Waals surface area contributed by atoms with Crippen molar-refractivity contribution in [1.29, 1.82) is 0 Å². The average molecular weight is 267 g/mol. The largest absolute Gasteiger partial charge is 0.397 e. The van der Waals surface area contributed by atoms with E-state index in [-0.39, 0.29) is 5.91 Å². The number of fused-ring (bicyclic) bond motifs is 1. The lowest BCUT2D eigenvalue weighted by atomic mass is 10.2. The number of aromatic nitrogens is 3. The van der Waals surface area contributed by atoms with Crippen molar-refractivity contribution in [3.8, 4) is 0 Å². The predicted octanol–water partition coefficient (Wildman–Crippen LogP) is 1.80. The SMILES string of the molecule is Cn1nc(C(=O)Nc2ccc(N)cn2)c2ccccc21. The van der Waals surface area contributed by atoms with Crippen molar-refractivity contribution in [2.75, 3.05) is 11.1 Å². The second-order valence-corrected chi connectivity index (χ2v) is 4.42. The van der Waals surface area contributed by atoms with Gasteiger partial charge in [-0.2, -0.15) is 5.10 Å². The normalized spacial score (nSPS) is 10.7. The minimum atomic E-state index is -0.293. The summed E-state index contributed by atoms with van der Waals surface area (Å²) in [6.07, 6.45) is 1.49. The molecule has 0 atom stereocenters. The third-order valence-corrected chi connectivity index (χ3v) is 3.00. The fourth-order valence-electron chi connectivity index (χ4n) is 2.04. The van der Waals surface area contributed by atoms with E-state index < -0.39 is 0 Å². The van der Waals surface area contributed by atoms with Crippen molar-refractivity contribution in [1.82, 2.24) is 14.8 Å². The molecule has 3 rings (SSSR count). The van der Waals surface area contributed by atoms with Crippen LogP contribution in [0.25, 0.3) is 10.9 Å². The van der Waals surface area contributed by atoms with E-state index in [1.54, 1.807) is 23.9 Å². The van der Waals surface area contributed by atoms with Crippen LogP contribution in [0.15, 0.2) is 42.6 Å². The third-order valence-electron chi connectivity index (χ3n) is 3.00. The van der Waals surface area contributed by atoms with Crippen molar-refractivity contribution in [2.24, 2.45) is 7.05 Å². The second-order valence-electron chi connectivity index (χ2n) is 4.42. The summed E-state index contributed by atoms with van der Waals surface area (Å²) in [5.74, 6) is 0.151. The summed E-state index contributed by atoms with van der Waals surface area (Å²) in [6, 6.07) is 10.9. The molecule has 1 aromatic carbocycles. The Morgan fingerprint density at radius 3 is 2.80 bits per heavy atom.